The summed E-state index contributed by atoms with van der Waals surface area (Å²) in [4.78, 5) is 4.28. The Morgan fingerprint density at radius 2 is 1.85 bits per heavy atom. The Bertz CT molecular complexity index is 772. The zero-order valence-electron chi connectivity index (χ0n) is 10.6. The van der Waals surface area contributed by atoms with Gasteiger partial charge in [-0.1, -0.05) is 24.3 Å². The molecule has 2 heterocycles. The summed E-state index contributed by atoms with van der Waals surface area (Å²) in [6.07, 6.45) is -1.23. The van der Waals surface area contributed by atoms with Crippen molar-refractivity contribution in [1.82, 2.24) is 9.38 Å². The Morgan fingerprint density at radius 1 is 1.10 bits per heavy atom. The molecule has 3 aromatic rings. The van der Waals surface area contributed by atoms with Crippen molar-refractivity contribution < 1.29 is 13.2 Å². The van der Waals surface area contributed by atoms with Crippen molar-refractivity contribution in [3.63, 3.8) is 0 Å². The molecule has 5 heteroatoms. The summed E-state index contributed by atoms with van der Waals surface area (Å²) in [6.45, 7) is 1.94. The van der Waals surface area contributed by atoms with E-state index in [1.165, 1.54) is 6.20 Å². The first-order valence-corrected chi connectivity index (χ1v) is 6.07. The van der Waals surface area contributed by atoms with Crippen LogP contribution in [0.2, 0.25) is 0 Å². The number of nitrogens with zero attached hydrogens (tertiary/aromatic N) is 2. The molecule has 0 bridgehead atoms. The number of imidazole rings is 1. The fourth-order valence-electron chi connectivity index (χ4n) is 2.15. The van der Waals surface area contributed by atoms with Gasteiger partial charge in [0, 0.05) is 18.0 Å². The van der Waals surface area contributed by atoms with Crippen LogP contribution in [0.25, 0.3) is 16.9 Å². The van der Waals surface area contributed by atoms with Crippen LogP contribution in [0.4, 0.5) is 13.2 Å². The van der Waals surface area contributed by atoms with Crippen molar-refractivity contribution in [2.24, 2.45) is 0 Å². The lowest BCUT2D eigenvalue weighted by atomic mass is 10.1. The molecule has 0 aliphatic rings. The first-order valence-electron chi connectivity index (χ1n) is 6.07. The van der Waals surface area contributed by atoms with Crippen LogP contribution in [0.1, 0.15) is 11.1 Å². The lowest BCUT2D eigenvalue weighted by Gasteiger charge is -2.05. The summed E-state index contributed by atoms with van der Waals surface area (Å²) in [5, 5.41) is 0. The van der Waals surface area contributed by atoms with Gasteiger partial charge in [-0.2, -0.15) is 13.2 Å². The number of aromatic nitrogens is 2. The van der Waals surface area contributed by atoms with Gasteiger partial charge in [0.25, 0.3) is 0 Å². The van der Waals surface area contributed by atoms with E-state index >= 15 is 0 Å². The molecule has 3 rings (SSSR count). The fraction of sp³-hybridized carbons (Fsp3) is 0.133. The van der Waals surface area contributed by atoms with Gasteiger partial charge in [-0.25, -0.2) is 4.98 Å². The van der Waals surface area contributed by atoms with Crippen LogP contribution in [0.15, 0.2) is 48.8 Å². The van der Waals surface area contributed by atoms with Crippen LogP contribution in [0, 0.1) is 6.92 Å². The maximum Gasteiger partial charge on any atom is 0.416 e. The summed E-state index contributed by atoms with van der Waals surface area (Å²) >= 11 is 0. The number of alkyl halides is 3. The normalized spacial score (nSPS) is 12.0. The molecule has 0 amide bonds. The van der Waals surface area contributed by atoms with Crippen LogP contribution < -0.4 is 0 Å². The van der Waals surface area contributed by atoms with E-state index in [1.54, 1.807) is 10.6 Å². The van der Waals surface area contributed by atoms with E-state index in [2.05, 4.69) is 4.98 Å². The summed E-state index contributed by atoms with van der Waals surface area (Å²) in [6, 6.07) is 9.75. The second-order valence-corrected chi connectivity index (χ2v) is 4.62. The Hall–Kier alpha value is -2.30. The summed E-state index contributed by atoms with van der Waals surface area (Å²) < 4.78 is 39.6. The van der Waals surface area contributed by atoms with E-state index in [1.807, 2.05) is 31.2 Å². The average Bonchev–Trinajstić information content (AvgIpc) is 2.80. The molecule has 2 aromatic heterocycles. The maximum absolute atomic E-state index is 12.7. The highest BCUT2D eigenvalue weighted by molar-refractivity contribution is 5.66. The molecule has 1 aromatic carbocycles. The van der Waals surface area contributed by atoms with Gasteiger partial charge in [0.2, 0.25) is 0 Å². The zero-order chi connectivity index (χ0) is 14.3. The van der Waals surface area contributed by atoms with Gasteiger partial charge in [-0.05, 0) is 24.6 Å². The smallest absolute Gasteiger partial charge is 0.306 e. The first-order chi connectivity index (χ1) is 9.45. The number of halogens is 3. The molecule has 0 spiro atoms. The number of aryl methyl sites for hydroxylation is 1. The molecule has 0 fully saturated rings. The number of benzene rings is 1. The number of hydrogen-bond donors (Lipinski definition) is 0. The molecule has 0 saturated heterocycles. The molecule has 0 saturated carbocycles. The Kier molecular flexibility index (Phi) is 2.78. The molecule has 102 valence electrons. The third-order valence-corrected chi connectivity index (χ3v) is 3.21. The number of rotatable bonds is 1. The molecular formula is C15H11F3N2. The van der Waals surface area contributed by atoms with Crippen molar-refractivity contribution in [1.29, 1.82) is 0 Å². The van der Waals surface area contributed by atoms with Gasteiger partial charge in [0.1, 0.15) is 5.65 Å². The standard InChI is InChI=1S/C15H11F3N2/c1-10-4-2-3-5-12(10)13-9-20-7-6-11(15(16,17)18)8-14(20)19-13/h2-9H,1H3. The Balaban J connectivity index is 2.14. The van der Waals surface area contributed by atoms with Crippen molar-refractivity contribution in [2.75, 3.05) is 0 Å². The minimum absolute atomic E-state index is 0.290. The second-order valence-electron chi connectivity index (χ2n) is 4.62. The predicted octanol–water partition coefficient (Wildman–Crippen LogP) is 4.33. The summed E-state index contributed by atoms with van der Waals surface area (Å²) in [5.74, 6) is 0. The minimum Gasteiger partial charge on any atom is -0.306 e. The number of hydrogen-bond acceptors (Lipinski definition) is 1. The van der Waals surface area contributed by atoms with Crippen LogP contribution in [0.5, 0.6) is 0 Å². The van der Waals surface area contributed by atoms with E-state index in [0.717, 1.165) is 23.3 Å². The molecule has 0 aliphatic heterocycles. The minimum atomic E-state index is -4.35. The van der Waals surface area contributed by atoms with Gasteiger partial charge < -0.3 is 4.40 Å². The SMILES string of the molecule is Cc1ccccc1-c1cn2ccc(C(F)(F)F)cc2n1. The third-order valence-electron chi connectivity index (χ3n) is 3.21. The van der Waals surface area contributed by atoms with E-state index < -0.39 is 11.7 Å². The Labute approximate surface area is 113 Å². The second kappa shape index (κ2) is 4.37. The molecule has 0 unspecified atom stereocenters. The van der Waals surface area contributed by atoms with Gasteiger partial charge in [0.05, 0.1) is 11.3 Å². The molecule has 2 nitrogen and oxygen atoms in total. The first kappa shape index (κ1) is 12.7. The molecule has 0 atom stereocenters. The number of fused-ring (bicyclic) bond motifs is 1. The molecule has 0 aliphatic carbocycles. The van der Waals surface area contributed by atoms with Crippen LogP contribution in [-0.4, -0.2) is 9.38 Å². The molecular weight excluding hydrogens is 265 g/mol. The Morgan fingerprint density at radius 3 is 2.55 bits per heavy atom. The highest BCUT2D eigenvalue weighted by Gasteiger charge is 2.30. The monoisotopic (exact) mass is 276 g/mol. The van der Waals surface area contributed by atoms with Gasteiger partial charge in [0.15, 0.2) is 0 Å². The van der Waals surface area contributed by atoms with Crippen molar-refractivity contribution in [3.8, 4) is 11.3 Å². The third kappa shape index (κ3) is 2.15. The molecule has 0 radical (unpaired) electrons. The summed E-state index contributed by atoms with van der Waals surface area (Å²) in [5.41, 5.74) is 2.23. The van der Waals surface area contributed by atoms with Crippen LogP contribution in [0.3, 0.4) is 0 Å². The topological polar surface area (TPSA) is 17.3 Å². The van der Waals surface area contributed by atoms with Gasteiger partial charge in [-0.15, -0.1) is 0 Å². The number of pyridine rings is 1. The highest BCUT2D eigenvalue weighted by Crippen LogP contribution is 2.30. The van der Waals surface area contributed by atoms with E-state index in [9.17, 15) is 13.2 Å². The fourth-order valence-corrected chi connectivity index (χ4v) is 2.15. The van der Waals surface area contributed by atoms with Gasteiger partial charge >= 0.3 is 6.18 Å². The van der Waals surface area contributed by atoms with Crippen molar-refractivity contribution in [2.45, 2.75) is 13.1 Å². The summed E-state index contributed by atoms with van der Waals surface area (Å²) in [7, 11) is 0. The van der Waals surface area contributed by atoms with Gasteiger partial charge in [-0.3, -0.25) is 0 Å². The van der Waals surface area contributed by atoms with E-state index in [4.69, 9.17) is 0 Å². The average molecular weight is 276 g/mol. The van der Waals surface area contributed by atoms with Crippen LogP contribution >= 0.6 is 0 Å². The predicted molar refractivity (Wildman–Crippen MR) is 70.4 cm³/mol. The van der Waals surface area contributed by atoms with Crippen LogP contribution in [-0.2, 0) is 6.18 Å². The molecule has 0 N–H and O–H groups in total. The van der Waals surface area contributed by atoms with E-state index in [0.29, 0.717) is 5.69 Å². The molecule has 20 heavy (non-hydrogen) atoms. The lowest BCUT2D eigenvalue weighted by molar-refractivity contribution is -0.137. The highest BCUT2D eigenvalue weighted by atomic mass is 19.4. The van der Waals surface area contributed by atoms with E-state index in [-0.39, 0.29) is 5.65 Å². The van der Waals surface area contributed by atoms with Crippen molar-refractivity contribution >= 4 is 5.65 Å². The largest absolute Gasteiger partial charge is 0.416 e. The van der Waals surface area contributed by atoms with Crippen molar-refractivity contribution in [3.05, 3.63) is 59.9 Å². The zero-order valence-corrected chi connectivity index (χ0v) is 10.6. The maximum atomic E-state index is 12.7. The quantitative estimate of drug-likeness (QED) is 0.646. The lowest BCUT2D eigenvalue weighted by Crippen LogP contribution is -2.05.